The van der Waals surface area contributed by atoms with E-state index in [-0.39, 0.29) is 5.82 Å². The Labute approximate surface area is 108 Å². The molecule has 1 saturated carbocycles. The predicted octanol–water partition coefficient (Wildman–Crippen LogP) is 2.91. The highest BCUT2D eigenvalue weighted by atomic mass is 19.1. The van der Waals surface area contributed by atoms with Gasteiger partial charge in [-0.2, -0.15) is 0 Å². The van der Waals surface area contributed by atoms with Crippen molar-refractivity contribution < 1.29 is 9.13 Å². The van der Waals surface area contributed by atoms with Crippen LogP contribution in [0.3, 0.4) is 0 Å². The first-order valence-corrected chi connectivity index (χ1v) is 6.96. The third-order valence-electron chi connectivity index (χ3n) is 3.84. The zero-order valence-electron chi connectivity index (χ0n) is 10.6. The fraction of sp³-hybridized carbons (Fsp3) is 0.600. The summed E-state index contributed by atoms with van der Waals surface area (Å²) in [6.45, 7) is 1.75. The first kappa shape index (κ1) is 12.0. The molecule has 1 aromatic carbocycles. The van der Waals surface area contributed by atoms with E-state index < -0.39 is 0 Å². The number of ether oxygens (including phenoxy) is 1. The monoisotopic (exact) mass is 249 g/mol. The second-order valence-electron chi connectivity index (χ2n) is 5.48. The van der Waals surface area contributed by atoms with Crippen molar-refractivity contribution in [3.8, 4) is 5.75 Å². The van der Waals surface area contributed by atoms with Crippen molar-refractivity contribution in [1.29, 1.82) is 0 Å². The summed E-state index contributed by atoms with van der Waals surface area (Å²) in [4.78, 5) is 0. The lowest BCUT2D eigenvalue weighted by Gasteiger charge is -2.15. The summed E-state index contributed by atoms with van der Waals surface area (Å²) in [6, 6.07) is 5.75. The van der Waals surface area contributed by atoms with Gasteiger partial charge in [0.05, 0.1) is 6.61 Å². The maximum Gasteiger partial charge on any atom is 0.165 e. The molecule has 2 nitrogen and oxygen atoms in total. The molecule has 0 amide bonds. The van der Waals surface area contributed by atoms with Gasteiger partial charge in [-0.25, -0.2) is 4.39 Å². The molecule has 0 spiro atoms. The van der Waals surface area contributed by atoms with Gasteiger partial charge in [-0.1, -0.05) is 12.1 Å². The van der Waals surface area contributed by atoms with E-state index in [1.165, 1.54) is 31.7 Å². The molecule has 0 bridgehead atoms. The van der Waals surface area contributed by atoms with Crippen LogP contribution in [-0.2, 0) is 6.42 Å². The lowest BCUT2D eigenvalue weighted by molar-refractivity contribution is 0.281. The van der Waals surface area contributed by atoms with Crippen LogP contribution >= 0.6 is 0 Å². The van der Waals surface area contributed by atoms with E-state index in [4.69, 9.17) is 4.74 Å². The Kier molecular flexibility index (Phi) is 3.50. The molecular formula is C15H20FNO. The molecule has 0 aromatic heterocycles. The minimum atomic E-state index is -0.217. The number of nitrogens with one attached hydrogen (secondary N) is 1. The van der Waals surface area contributed by atoms with Crippen molar-refractivity contribution in [2.75, 3.05) is 13.2 Å². The third kappa shape index (κ3) is 2.83. The standard InChI is InChI=1S/C15H20FNO/c16-14-5-1-3-12(9-13-4-2-8-17-13)15(14)18-10-11-6-7-11/h1,3,5,11,13,17H,2,4,6-10H2. The van der Waals surface area contributed by atoms with Crippen LogP contribution in [-0.4, -0.2) is 19.2 Å². The lowest BCUT2D eigenvalue weighted by Crippen LogP contribution is -2.24. The molecule has 1 atom stereocenters. The molecule has 3 heteroatoms. The summed E-state index contributed by atoms with van der Waals surface area (Å²) < 4.78 is 19.5. The molecule has 1 N–H and O–H groups in total. The van der Waals surface area contributed by atoms with Crippen LogP contribution in [0.2, 0.25) is 0 Å². The maximum atomic E-state index is 13.8. The molecule has 1 aliphatic heterocycles. The van der Waals surface area contributed by atoms with Crippen LogP contribution in [0.5, 0.6) is 5.75 Å². The summed E-state index contributed by atoms with van der Waals surface area (Å²) in [6.07, 6.45) is 5.73. The minimum absolute atomic E-state index is 0.217. The molecule has 2 aliphatic rings. The molecule has 1 aliphatic carbocycles. The lowest BCUT2D eigenvalue weighted by atomic mass is 10.0. The molecular weight excluding hydrogens is 229 g/mol. The molecule has 1 heterocycles. The maximum absolute atomic E-state index is 13.8. The SMILES string of the molecule is Fc1cccc(CC2CCCN2)c1OCC1CC1. The summed E-state index contributed by atoms with van der Waals surface area (Å²) in [7, 11) is 0. The van der Waals surface area contributed by atoms with Crippen LogP contribution < -0.4 is 10.1 Å². The Morgan fingerprint density at radius 2 is 2.17 bits per heavy atom. The van der Waals surface area contributed by atoms with Crippen LogP contribution in [0.1, 0.15) is 31.2 Å². The van der Waals surface area contributed by atoms with Crippen LogP contribution in [0.4, 0.5) is 4.39 Å². The highest BCUT2D eigenvalue weighted by Gasteiger charge is 2.24. The first-order chi connectivity index (χ1) is 8.83. The van der Waals surface area contributed by atoms with E-state index in [9.17, 15) is 4.39 Å². The van der Waals surface area contributed by atoms with Gasteiger partial charge in [0.1, 0.15) is 0 Å². The summed E-state index contributed by atoms with van der Waals surface area (Å²) >= 11 is 0. The Morgan fingerprint density at radius 3 is 2.89 bits per heavy atom. The first-order valence-electron chi connectivity index (χ1n) is 6.96. The van der Waals surface area contributed by atoms with Crippen LogP contribution in [0, 0.1) is 11.7 Å². The molecule has 3 rings (SSSR count). The molecule has 18 heavy (non-hydrogen) atoms. The number of hydrogen-bond acceptors (Lipinski definition) is 2. The molecule has 2 fully saturated rings. The van der Waals surface area contributed by atoms with Gasteiger partial charge in [-0.3, -0.25) is 0 Å². The molecule has 98 valence electrons. The Hall–Kier alpha value is -1.09. The molecule has 0 radical (unpaired) electrons. The van der Waals surface area contributed by atoms with Gasteiger partial charge in [-0.05, 0) is 56.2 Å². The minimum Gasteiger partial charge on any atom is -0.490 e. The van der Waals surface area contributed by atoms with E-state index in [0.717, 1.165) is 18.5 Å². The Bertz CT molecular complexity index is 411. The topological polar surface area (TPSA) is 21.3 Å². The number of hydrogen-bond donors (Lipinski definition) is 1. The van der Waals surface area contributed by atoms with E-state index in [2.05, 4.69) is 5.32 Å². The molecule has 1 unspecified atom stereocenters. The number of para-hydroxylation sites is 1. The van der Waals surface area contributed by atoms with Crippen molar-refractivity contribution in [3.05, 3.63) is 29.6 Å². The van der Waals surface area contributed by atoms with Crippen molar-refractivity contribution in [2.45, 2.75) is 38.1 Å². The highest BCUT2D eigenvalue weighted by Crippen LogP contribution is 2.32. The predicted molar refractivity (Wildman–Crippen MR) is 69.3 cm³/mol. The van der Waals surface area contributed by atoms with E-state index in [1.54, 1.807) is 6.07 Å². The van der Waals surface area contributed by atoms with Gasteiger partial charge in [0.2, 0.25) is 0 Å². The Morgan fingerprint density at radius 1 is 1.28 bits per heavy atom. The average molecular weight is 249 g/mol. The van der Waals surface area contributed by atoms with Gasteiger partial charge in [0.25, 0.3) is 0 Å². The largest absolute Gasteiger partial charge is 0.490 e. The normalized spacial score (nSPS) is 23.3. The van der Waals surface area contributed by atoms with Gasteiger partial charge >= 0.3 is 0 Å². The van der Waals surface area contributed by atoms with Crippen LogP contribution in [0.15, 0.2) is 18.2 Å². The quantitative estimate of drug-likeness (QED) is 0.866. The molecule has 1 saturated heterocycles. The smallest absolute Gasteiger partial charge is 0.165 e. The van der Waals surface area contributed by atoms with Gasteiger partial charge < -0.3 is 10.1 Å². The number of halogens is 1. The second-order valence-corrected chi connectivity index (χ2v) is 5.48. The van der Waals surface area contributed by atoms with E-state index >= 15 is 0 Å². The molecule has 1 aromatic rings. The zero-order valence-corrected chi connectivity index (χ0v) is 10.6. The van der Waals surface area contributed by atoms with Gasteiger partial charge in [-0.15, -0.1) is 0 Å². The van der Waals surface area contributed by atoms with Crippen molar-refractivity contribution in [3.63, 3.8) is 0 Å². The summed E-state index contributed by atoms with van der Waals surface area (Å²) in [5.74, 6) is 0.923. The fourth-order valence-corrected chi connectivity index (χ4v) is 2.56. The average Bonchev–Trinajstić information content (AvgIpc) is 3.05. The summed E-state index contributed by atoms with van der Waals surface area (Å²) in [5, 5.41) is 3.45. The number of rotatable bonds is 5. The highest BCUT2D eigenvalue weighted by molar-refractivity contribution is 5.35. The van der Waals surface area contributed by atoms with E-state index in [1.807, 2.05) is 6.07 Å². The number of benzene rings is 1. The van der Waals surface area contributed by atoms with Crippen LogP contribution in [0.25, 0.3) is 0 Å². The fourth-order valence-electron chi connectivity index (χ4n) is 2.56. The Balaban J connectivity index is 1.71. The van der Waals surface area contributed by atoms with Gasteiger partial charge in [0.15, 0.2) is 11.6 Å². The van der Waals surface area contributed by atoms with Gasteiger partial charge in [0, 0.05) is 6.04 Å². The van der Waals surface area contributed by atoms with Crippen molar-refractivity contribution >= 4 is 0 Å². The third-order valence-corrected chi connectivity index (χ3v) is 3.84. The second kappa shape index (κ2) is 5.27. The van der Waals surface area contributed by atoms with Crippen molar-refractivity contribution in [1.82, 2.24) is 5.32 Å². The summed E-state index contributed by atoms with van der Waals surface area (Å²) in [5.41, 5.74) is 1.01. The van der Waals surface area contributed by atoms with Crippen molar-refractivity contribution in [2.24, 2.45) is 5.92 Å². The zero-order chi connectivity index (χ0) is 12.4. The van der Waals surface area contributed by atoms with E-state index in [0.29, 0.717) is 24.3 Å².